The van der Waals surface area contributed by atoms with Crippen molar-refractivity contribution < 1.29 is 14.4 Å². The first-order chi connectivity index (χ1) is 11.0. The van der Waals surface area contributed by atoms with Crippen LogP contribution in [0.4, 0.5) is 0 Å². The van der Waals surface area contributed by atoms with Crippen molar-refractivity contribution in [3.8, 4) is 5.75 Å². The number of likely N-dealkylation sites (tertiary alicyclic amines) is 1. The van der Waals surface area contributed by atoms with Crippen LogP contribution in [0, 0.1) is 6.92 Å². The van der Waals surface area contributed by atoms with Gasteiger partial charge in [0.15, 0.2) is 0 Å². The molecular formula is C19H27N2O2+. The highest BCUT2D eigenvalue weighted by Crippen LogP contribution is 2.26. The Bertz CT molecular complexity index is 709. The van der Waals surface area contributed by atoms with Crippen LogP contribution in [-0.4, -0.2) is 36.5 Å². The normalized spacial score (nSPS) is 22.4. The third-order valence-corrected chi connectivity index (χ3v) is 5.38. The third kappa shape index (κ3) is 3.00. The molecule has 0 bridgehead atoms. The predicted molar refractivity (Wildman–Crippen MR) is 92.5 cm³/mol. The fourth-order valence-electron chi connectivity index (χ4n) is 4.00. The molecular weight excluding hydrogens is 288 g/mol. The van der Waals surface area contributed by atoms with Crippen LogP contribution in [0.2, 0.25) is 0 Å². The van der Waals surface area contributed by atoms with Crippen LogP contribution in [0.25, 0.3) is 10.9 Å². The summed E-state index contributed by atoms with van der Waals surface area (Å²) < 4.78 is 5.32. The van der Waals surface area contributed by atoms with Crippen molar-refractivity contribution in [2.45, 2.75) is 52.1 Å². The van der Waals surface area contributed by atoms with Crippen molar-refractivity contribution in [3.05, 3.63) is 29.5 Å². The van der Waals surface area contributed by atoms with Crippen LogP contribution in [0.15, 0.2) is 18.2 Å². The fourth-order valence-corrected chi connectivity index (χ4v) is 4.00. The second-order valence-corrected chi connectivity index (χ2v) is 6.94. The van der Waals surface area contributed by atoms with Gasteiger partial charge in [0, 0.05) is 16.6 Å². The lowest BCUT2D eigenvalue weighted by Gasteiger charge is -2.35. The maximum absolute atomic E-state index is 13.0. The monoisotopic (exact) mass is 315 g/mol. The number of piperidine rings is 1. The number of carbonyl (C=O) groups excluding carboxylic acids is 1. The van der Waals surface area contributed by atoms with E-state index in [0.717, 1.165) is 27.9 Å². The van der Waals surface area contributed by atoms with Crippen molar-refractivity contribution >= 4 is 16.7 Å². The van der Waals surface area contributed by atoms with Gasteiger partial charge in [0.2, 0.25) is 5.78 Å². The number of carbonyl (C=O) groups is 1. The minimum atomic E-state index is 0.234. The average Bonchev–Trinajstić information content (AvgIpc) is 2.85. The Labute approximate surface area is 137 Å². The minimum Gasteiger partial charge on any atom is -0.497 e. The summed E-state index contributed by atoms with van der Waals surface area (Å²) in [4.78, 5) is 17.8. The van der Waals surface area contributed by atoms with E-state index in [1.165, 1.54) is 24.2 Å². The molecule has 4 nitrogen and oxygen atoms in total. The molecule has 1 saturated heterocycles. The molecule has 2 aromatic rings. The summed E-state index contributed by atoms with van der Waals surface area (Å²) in [7, 11) is 1.66. The zero-order valence-corrected chi connectivity index (χ0v) is 14.5. The summed E-state index contributed by atoms with van der Waals surface area (Å²) in [6.07, 6.45) is 3.71. The number of fused-ring (bicyclic) bond motifs is 1. The Kier molecular flexibility index (Phi) is 4.44. The van der Waals surface area contributed by atoms with E-state index in [4.69, 9.17) is 4.74 Å². The number of Topliss-reactive ketones (excluding diaryl/α,β-unsaturated/α-hetero) is 1. The number of ether oxygens (including phenoxy) is 1. The highest BCUT2D eigenvalue weighted by atomic mass is 16.5. The molecule has 2 heterocycles. The zero-order valence-electron chi connectivity index (χ0n) is 14.5. The quantitative estimate of drug-likeness (QED) is 0.852. The molecule has 1 aromatic carbocycles. The summed E-state index contributed by atoms with van der Waals surface area (Å²) in [5, 5.41) is 0.976. The van der Waals surface area contributed by atoms with Crippen LogP contribution >= 0.6 is 0 Å². The van der Waals surface area contributed by atoms with E-state index in [-0.39, 0.29) is 5.78 Å². The largest absolute Gasteiger partial charge is 0.497 e. The number of ketones is 1. The number of benzene rings is 1. The maximum Gasteiger partial charge on any atom is 0.219 e. The van der Waals surface area contributed by atoms with Gasteiger partial charge in [-0.05, 0) is 58.2 Å². The predicted octanol–water partition coefficient (Wildman–Crippen LogP) is 2.51. The average molecular weight is 315 g/mol. The van der Waals surface area contributed by atoms with E-state index in [9.17, 15) is 4.79 Å². The summed E-state index contributed by atoms with van der Waals surface area (Å²) in [5.41, 5.74) is 2.78. The van der Waals surface area contributed by atoms with Gasteiger partial charge in [0.05, 0.1) is 24.8 Å². The van der Waals surface area contributed by atoms with E-state index in [1.807, 2.05) is 25.1 Å². The molecule has 3 rings (SSSR count). The number of rotatable bonds is 4. The van der Waals surface area contributed by atoms with E-state index < -0.39 is 0 Å². The van der Waals surface area contributed by atoms with Gasteiger partial charge in [-0.2, -0.15) is 0 Å². The summed E-state index contributed by atoms with van der Waals surface area (Å²) in [5.74, 6) is 1.02. The van der Waals surface area contributed by atoms with Crippen LogP contribution in [0.3, 0.4) is 0 Å². The standard InChI is InChI=1S/C19H26N2O2/c1-12-6-5-7-13(2)21(12)11-18(22)19-14(3)20-17-9-8-15(23-4)10-16(17)19/h8-10,12-13,20H,5-7,11H2,1-4H3/p+1/t12-,13-/m1/s1. The number of methoxy groups -OCH3 is 1. The smallest absolute Gasteiger partial charge is 0.219 e. The van der Waals surface area contributed by atoms with E-state index >= 15 is 0 Å². The van der Waals surface area contributed by atoms with Crippen molar-refractivity contribution in [3.63, 3.8) is 0 Å². The van der Waals surface area contributed by atoms with Gasteiger partial charge in [-0.1, -0.05) is 0 Å². The second-order valence-electron chi connectivity index (χ2n) is 6.94. The van der Waals surface area contributed by atoms with Crippen molar-refractivity contribution in [2.75, 3.05) is 13.7 Å². The van der Waals surface area contributed by atoms with Crippen LogP contribution < -0.4 is 9.64 Å². The summed E-state index contributed by atoms with van der Waals surface area (Å²) in [6, 6.07) is 6.99. The lowest BCUT2D eigenvalue weighted by atomic mass is 9.96. The SMILES string of the molecule is COc1ccc2[nH]c(C)c(C(=O)C[NH+]3[C@H](C)CCC[C@H]3C)c2c1. The third-order valence-electron chi connectivity index (χ3n) is 5.38. The number of quaternary nitrogens is 1. The molecule has 2 atom stereocenters. The number of hydrogen-bond acceptors (Lipinski definition) is 2. The Hall–Kier alpha value is -1.81. The van der Waals surface area contributed by atoms with Gasteiger partial charge >= 0.3 is 0 Å². The molecule has 0 amide bonds. The summed E-state index contributed by atoms with van der Waals surface area (Å²) in [6.45, 7) is 7.10. The lowest BCUT2D eigenvalue weighted by molar-refractivity contribution is -0.943. The van der Waals surface area contributed by atoms with Crippen LogP contribution in [0.5, 0.6) is 5.75 Å². The summed E-state index contributed by atoms with van der Waals surface area (Å²) >= 11 is 0. The topological polar surface area (TPSA) is 46.5 Å². The Morgan fingerprint density at radius 2 is 2.00 bits per heavy atom. The van der Waals surface area contributed by atoms with Gasteiger partial charge in [0.1, 0.15) is 12.3 Å². The maximum atomic E-state index is 13.0. The number of aromatic amines is 1. The molecule has 124 valence electrons. The van der Waals surface area contributed by atoms with Crippen molar-refractivity contribution in [1.82, 2.24) is 4.98 Å². The number of H-pyrrole nitrogens is 1. The second kappa shape index (κ2) is 6.36. The first-order valence-corrected chi connectivity index (χ1v) is 8.56. The van der Waals surface area contributed by atoms with E-state index in [2.05, 4.69) is 18.8 Å². The molecule has 0 radical (unpaired) electrons. The Morgan fingerprint density at radius 3 is 2.65 bits per heavy atom. The van der Waals surface area contributed by atoms with Crippen LogP contribution in [-0.2, 0) is 0 Å². The lowest BCUT2D eigenvalue weighted by Crippen LogP contribution is -3.20. The minimum absolute atomic E-state index is 0.234. The van der Waals surface area contributed by atoms with E-state index in [0.29, 0.717) is 18.6 Å². The highest BCUT2D eigenvalue weighted by molar-refractivity contribution is 6.10. The number of hydrogen-bond donors (Lipinski definition) is 2. The van der Waals surface area contributed by atoms with Gasteiger partial charge in [-0.3, -0.25) is 4.79 Å². The first-order valence-electron chi connectivity index (χ1n) is 8.56. The molecule has 0 aliphatic carbocycles. The van der Waals surface area contributed by atoms with Gasteiger partial charge < -0.3 is 14.6 Å². The van der Waals surface area contributed by atoms with Gasteiger partial charge in [0.25, 0.3) is 0 Å². The Balaban J connectivity index is 1.92. The first kappa shape index (κ1) is 16.1. The van der Waals surface area contributed by atoms with Gasteiger partial charge in [-0.25, -0.2) is 0 Å². The number of aromatic nitrogens is 1. The number of nitrogens with one attached hydrogen (secondary N) is 2. The molecule has 4 heteroatoms. The number of aryl methyl sites for hydroxylation is 1. The van der Waals surface area contributed by atoms with Crippen molar-refractivity contribution in [2.24, 2.45) is 0 Å². The van der Waals surface area contributed by atoms with Crippen molar-refractivity contribution in [1.29, 1.82) is 0 Å². The molecule has 1 aromatic heterocycles. The molecule has 0 saturated carbocycles. The zero-order chi connectivity index (χ0) is 16.6. The van der Waals surface area contributed by atoms with Crippen LogP contribution in [0.1, 0.15) is 49.2 Å². The fraction of sp³-hybridized carbons (Fsp3) is 0.526. The van der Waals surface area contributed by atoms with Gasteiger partial charge in [-0.15, -0.1) is 0 Å². The molecule has 1 fully saturated rings. The molecule has 23 heavy (non-hydrogen) atoms. The molecule has 1 aliphatic rings. The Morgan fingerprint density at radius 1 is 1.30 bits per heavy atom. The van der Waals surface area contributed by atoms with E-state index in [1.54, 1.807) is 7.11 Å². The molecule has 1 aliphatic heterocycles. The highest BCUT2D eigenvalue weighted by Gasteiger charge is 2.31. The molecule has 0 spiro atoms. The molecule has 2 N–H and O–H groups in total. The molecule has 0 unspecified atom stereocenters.